The molecule has 3 N–H and O–H groups in total. The van der Waals surface area contributed by atoms with Gasteiger partial charge in [-0.2, -0.15) is 13.2 Å². The van der Waals surface area contributed by atoms with Gasteiger partial charge in [-0.05, 0) is 50.2 Å². The maximum absolute atomic E-state index is 12.2. The van der Waals surface area contributed by atoms with Gasteiger partial charge in [0.05, 0.1) is 16.6 Å². The van der Waals surface area contributed by atoms with Crippen molar-refractivity contribution >= 4 is 28.9 Å². The molecule has 1 heterocycles. The molecule has 0 fully saturated rings. The molecule has 8 nitrogen and oxygen atoms in total. The van der Waals surface area contributed by atoms with Crippen molar-refractivity contribution in [2.24, 2.45) is 0 Å². The van der Waals surface area contributed by atoms with Crippen molar-refractivity contribution in [2.45, 2.75) is 32.5 Å². The third-order valence-corrected chi connectivity index (χ3v) is 4.46. The van der Waals surface area contributed by atoms with Crippen LogP contribution in [0, 0.1) is 0 Å². The number of halogens is 3. The van der Waals surface area contributed by atoms with E-state index in [9.17, 15) is 22.8 Å². The van der Waals surface area contributed by atoms with Crippen LogP contribution in [0.5, 0.6) is 0 Å². The number of benzene rings is 2. The zero-order chi connectivity index (χ0) is 24.8. The SMILES string of the molecule is CC(C)n1c(CCNC(=O)c2ccc(C(=O)O)cc2)nc2ccccc21.O=C(O)C(F)(F)F. The minimum absolute atomic E-state index is 0.159. The first-order valence-electron chi connectivity index (χ1n) is 9.79. The van der Waals surface area contributed by atoms with Crippen LogP contribution >= 0.6 is 0 Å². The molecule has 0 radical (unpaired) electrons. The molecule has 0 saturated heterocycles. The zero-order valence-electron chi connectivity index (χ0n) is 17.8. The highest BCUT2D eigenvalue weighted by Gasteiger charge is 2.38. The number of hydrogen-bond acceptors (Lipinski definition) is 4. The van der Waals surface area contributed by atoms with E-state index in [2.05, 4.69) is 34.8 Å². The summed E-state index contributed by atoms with van der Waals surface area (Å²) in [6.45, 7) is 4.68. The van der Waals surface area contributed by atoms with Crippen LogP contribution in [-0.2, 0) is 11.2 Å². The zero-order valence-corrected chi connectivity index (χ0v) is 17.8. The van der Waals surface area contributed by atoms with E-state index in [-0.39, 0.29) is 17.5 Å². The van der Waals surface area contributed by atoms with E-state index in [0.29, 0.717) is 18.5 Å². The van der Waals surface area contributed by atoms with E-state index in [4.69, 9.17) is 15.0 Å². The summed E-state index contributed by atoms with van der Waals surface area (Å²) in [4.78, 5) is 36.7. The number of fused-ring (bicyclic) bond motifs is 1. The van der Waals surface area contributed by atoms with Crippen LogP contribution < -0.4 is 5.32 Å². The maximum Gasteiger partial charge on any atom is 0.490 e. The van der Waals surface area contributed by atoms with Crippen LogP contribution in [0.2, 0.25) is 0 Å². The lowest BCUT2D eigenvalue weighted by atomic mass is 10.1. The fourth-order valence-corrected chi connectivity index (χ4v) is 3.00. The second-order valence-electron chi connectivity index (χ2n) is 7.17. The van der Waals surface area contributed by atoms with E-state index in [0.717, 1.165) is 16.9 Å². The molecule has 0 bridgehead atoms. The molecular formula is C22H22F3N3O5. The number of imidazole rings is 1. The summed E-state index contributed by atoms with van der Waals surface area (Å²) in [5, 5.41) is 18.9. The first-order chi connectivity index (χ1) is 15.4. The van der Waals surface area contributed by atoms with Gasteiger partial charge in [0.25, 0.3) is 5.91 Å². The second-order valence-corrected chi connectivity index (χ2v) is 7.17. The number of carbonyl (C=O) groups is 3. The summed E-state index contributed by atoms with van der Waals surface area (Å²) < 4.78 is 33.9. The molecule has 0 aliphatic heterocycles. The molecule has 0 saturated carbocycles. The molecule has 1 aromatic heterocycles. The topological polar surface area (TPSA) is 122 Å². The number of aromatic carboxylic acids is 1. The van der Waals surface area contributed by atoms with E-state index in [1.807, 2.05) is 18.2 Å². The van der Waals surface area contributed by atoms with Gasteiger partial charge in [-0.3, -0.25) is 4.79 Å². The van der Waals surface area contributed by atoms with E-state index in [1.165, 1.54) is 24.3 Å². The number of hydrogen-bond donors (Lipinski definition) is 3. The van der Waals surface area contributed by atoms with Gasteiger partial charge in [-0.15, -0.1) is 0 Å². The Morgan fingerprint density at radius 2 is 1.55 bits per heavy atom. The molecule has 1 amide bonds. The van der Waals surface area contributed by atoms with Crippen LogP contribution in [0.1, 0.15) is 46.4 Å². The van der Waals surface area contributed by atoms with Crippen LogP contribution in [0.15, 0.2) is 48.5 Å². The number of rotatable bonds is 6. The van der Waals surface area contributed by atoms with Crippen molar-refractivity contribution < 1.29 is 37.8 Å². The lowest BCUT2D eigenvalue weighted by Crippen LogP contribution is -2.26. The first kappa shape index (κ1) is 25.4. The van der Waals surface area contributed by atoms with Crippen molar-refractivity contribution in [3.05, 3.63) is 65.5 Å². The molecular weight excluding hydrogens is 443 g/mol. The number of aliphatic carboxylic acids is 1. The van der Waals surface area contributed by atoms with Crippen LogP contribution in [-0.4, -0.2) is 50.3 Å². The molecule has 11 heteroatoms. The number of para-hydroxylation sites is 2. The second kappa shape index (κ2) is 10.6. The lowest BCUT2D eigenvalue weighted by molar-refractivity contribution is -0.192. The maximum atomic E-state index is 12.2. The standard InChI is InChI=1S/C20H21N3O3.C2HF3O2/c1-13(2)23-17-6-4-3-5-16(17)22-18(23)11-12-21-19(24)14-7-9-15(10-8-14)20(25)26;3-2(4,5)1(6)7/h3-10,13H,11-12H2,1-2H3,(H,21,24)(H,25,26);(H,6,7). The number of alkyl halides is 3. The van der Waals surface area contributed by atoms with Gasteiger partial charge < -0.3 is 20.1 Å². The first-order valence-corrected chi connectivity index (χ1v) is 9.79. The molecule has 3 aromatic rings. The third-order valence-electron chi connectivity index (χ3n) is 4.46. The van der Waals surface area contributed by atoms with Gasteiger partial charge in [0.15, 0.2) is 0 Å². The molecule has 0 atom stereocenters. The van der Waals surface area contributed by atoms with Gasteiger partial charge in [-0.25, -0.2) is 14.6 Å². The Bertz CT molecular complexity index is 1140. The van der Waals surface area contributed by atoms with Gasteiger partial charge in [0.1, 0.15) is 5.82 Å². The van der Waals surface area contributed by atoms with Crippen molar-refractivity contribution in [3.63, 3.8) is 0 Å². The third kappa shape index (κ3) is 6.79. The molecule has 33 heavy (non-hydrogen) atoms. The summed E-state index contributed by atoms with van der Waals surface area (Å²) in [5.41, 5.74) is 2.64. The Morgan fingerprint density at radius 3 is 2.06 bits per heavy atom. The summed E-state index contributed by atoms with van der Waals surface area (Å²) in [6, 6.07) is 14.2. The van der Waals surface area contributed by atoms with Gasteiger partial charge in [-0.1, -0.05) is 12.1 Å². The number of nitrogens with zero attached hydrogens (tertiary/aromatic N) is 2. The molecule has 176 valence electrons. The number of carboxylic acid groups (broad SMARTS) is 2. The molecule has 0 aliphatic rings. The molecule has 2 aromatic carbocycles. The largest absolute Gasteiger partial charge is 0.490 e. The Morgan fingerprint density at radius 1 is 1.00 bits per heavy atom. The monoisotopic (exact) mass is 465 g/mol. The number of amides is 1. The Balaban J connectivity index is 0.000000479. The number of aromatic nitrogens is 2. The normalized spacial score (nSPS) is 11.1. The highest BCUT2D eigenvalue weighted by atomic mass is 19.4. The predicted molar refractivity (Wildman–Crippen MR) is 113 cm³/mol. The summed E-state index contributed by atoms with van der Waals surface area (Å²) in [6.07, 6.45) is -4.47. The van der Waals surface area contributed by atoms with Gasteiger partial charge in [0.2, 0.25) is 0 Å². The summed E-state index contributed by atoms with van der Waals surface area (Å²) in [5.74, 6) is -3.06. The molecule has 0 spiro atoms. The Labute approximate surface area is 186 Å². The van der Waals surface area contributed by atoms with Crippen LogP contribution in [0.3, 0.4) is 0 Å². The van der Waals surface area contributed by atoms with Crippen LogP contribution in [0.25, 0.3) is 11.0 Å². The Hall–Kier alpha value is -3.89. The average Bonchev–Trinajstić information content (AvgIpc) is 3.12. The fraction of sp³-hybridized carbons (Fsp3) is 0.273. The van der Waals surface area contributed by atoms with Crippen molar-refractivity contribution in [1.82, 2.24) is 14.9 Å². The quantitative estimate of drug-likeness (QED) is 0.507. The van der Waals surface area contributed by atoms with Gasteiger partial charge in [0, 0.05) is 24.6 Å². The number of carboxylic acids is 2. The van der Waals surface area contributed by atoms with Crippen molar-refractivity contribution in [3.8, 4) is 0 Å². The lowest BCUT2D eigenvalue weighted by Gasteiger charge is -2.13. The van der Waals surface area contributed by atoms with E-state index in [1.54, 1.807) is 0 Å². The average molecular weight is 465 g/mol. The smallest absolute Gasteiger partial charge is 0.478 e. The van der Waals surface area contributed by atoms with Crippen molar-refractivity contribution in [1.29, 1.82) is 0 Å². The van der Waals surface area contributed by atoms with Gasteiger partial charge >= 0.3 is 18.1 Å². The molecule has 0 aliphatic carbocycles. The highest BCUT2D eigenvalue weighted by Crippen LogP contribution is 2.21. The molecule has 0 unspecified atom stereocenters. The molecule has 3 rings (SSSR count). The predicted octanol–water partition coefficient (Wildman–Crippen LogP) is 3.92. The van der Waals surface area contributed by atoms with Crippen molar-refractivity contribution in [2.75, 3.05) is 6.54 Å². The summed E-state index contributed by atoms with van der Waals surface area (Å²) in [7, 11) is 0. The van der Waals surface area contributed by atoms with Crippen LogP contribution in [0.4, 0.5) is 13.2 Å². The summed E-state index contributed by atoms with van der Waals surface area (Å²) >= 11 is 0. The minimum Gasteiger partial charge on any atom is -0.478 e. The minimum atomic E-state index is -5.08. The number of carbonyl (C=O) groups excluding carboxylic acids is 1. The number of nitrogens with one attached hydrogen (secondary N) is 1. The van der Waals surface area contributed by atoms with E-state index < -0.39 is 18.1 Å². The van der Waals surface area contributed by atoms with E-state index >= 15 is 0 Å². The fourth-order valence-electron chi connectivity index (χ4n) is 3.00. The highest BCUT2D eigenvalue weighted by molar-refractivity contribution is 5.95. The Kier molecular flexibility index (Phi) is 8.16.